The molecule has 0 fully saturated rings. The quantitative estimate of drug-likeness (QED) is 0.700. The minimum atomic E-state index is -0.375. The van der Waals surface area contributed by atoms with Gasteiger partial charge in [-0.25, -0.2) is 0 Å². The zero-order valence-electron chi connectivity index (χ0n) is 11.9. The molecule has 0 radical (unpaired) electrons. The molecule has 0 saturated carbocycles. The second kappa shape index (κ2) is 7.54. The van der Waals surface area contributed by atoms with E-state index in [9.17, 15) is 4.79 Å². The predicted octanol–water partition coefficient (Wildman–Crippen LogP) is 2.30. The summed E-state index contributed by atoms with van der Waals surface area (Å²) in [4.78, 5) is 12.1. The second-order valence-corrected chi connectivity index (χ2v) is 5.93. The molecule has 2 rings (SSSR count). The van der Waals surface area contributed by atoms with Gasteiger partial charge in [-0.15, -0.1) is 0 Å². The number of hydrogen-bond acceptors (Lipinski definition) is 3. The van der Waals surface area contributed by atoms with Crippen molar-refractivity contribution >= 4 is 32.6 Å². The highest BCUT2D eigenvalue weighted by Gasteiger charge is 2.06. The van der Waals surface area contributed by atoms with Gasteiger partial charge in [0.1, 0.15) is 0 Å². The number of nitrogens with one attached hydrogen (secondary N) is 2. The number of carbonyl (C=O) groups is 1. The number of amides is 1. The lowest BCUT2D eigenvalue weighted by Crippen LogP contribution is -2.34. The summed E-state index contributed by atoms with van der Waals surface area (Å²) in [5.74, 6) is -0.0846. The van der Waals surface area contributed by atoms with Crippen LogP contribution in [0.2, 0.25) is 0 Å². The van der Waals surface area contributed by atoms with Crippen LogP contribution in [0.4, 0.5) is 0 Å². The van der Waals surface area contributed by atoms with Crippen LogP contribution in [0.5, 0.6) is 0 Å². The van der Waals surface area contributed by atoms with Crippen LogP contribution < -0.4 is 10.6 Å². The Balaban J connectivity index is 1.92. The first-order chi connectivity index (χ1) is 10.1. The summed E-state index contributed by atoms with van der Waals surface area (Å²) < 4.78 is 1.02. The first-order valence-electron chi connectivity index (χ1n) is 6.92. The topological polar surface area (TPSA) is 61.4 Å². The Labute approximate surface area is 132 Å². The lowest BCUT2D eigenvalue weighted by Gasteiger charge is -2.09. The van der Waals surface area contributed by atoms with Gasteiger partial charge in [-0.1, -0.05) is 28.1 Å². The molecule has 5 heteroatoms. The molecule has 0 spiro atoms. The smallest absolute Gasteiger partial charge is 0.251 e. The summed E-state index contributed by atoms with van der Waals surface area (Å²) in [5.41, 5.74) is 0.653. The largest absolute Gasteiger partial charge is 0.392 e. The molecule has 0 bridgehead atoms. The Morgan fingerprint density at radius 2 is 1.90 bits per heavy atom. The third kappa shape index (κ3) is 4.81. The van der Waals surface area contributed by atoms with E-state index in [0.29, 0.717) is 25.2 Å². The van der Waals surface area contributed by atoms with Crippen molar-refractivity contribution in [3.8, 4) is 0 Å². The number of benzene rings is 2. The normalized spacial score (nSPS) is 12.3. The van der Waals surface area contributed by atoms with Crippen LogP contribution in [-0.2, 0) is 0 Å². The lowest BCUT2D eigenvalue weighted by molar-refractivity contribution is 0.0954. The van der Waals surface area contributed by atoms with E-state index in [0.717, 1.165) is 15.2 Å². The fourth-order valence-electron chi connectivity index (χ4n) is 2.04. The van der Waals surface area contributed by atoms with E-state index in [1.54, 1.807) is 6.92 Å². The Bertz CT molecular complexity index is 629. The molecule has 2 aromatic carbocycles. The number of aliphatic hydroxyl groups is 1. The van der Waals surface area contributed by atoms with E-state index in [1.165, 1.54) is 0 Å². The number of aliphatic hydroxyl groups excluding tert-OH is 1. The van der Waals surface area contributed by atoms with Crippen LogP contribution >= 0.6 is 15.9 Å². The average molecular weight is 351 g/mol. The summed E-state index contributed by atoms with van der Waals surface area (Å²) >= 11 is 3.43. The SMILES string of the molecule is CC(O)CNCCNC(=O)c1ccc2cc(Br)ccc2c1. The highest BCUT2D eigenvalue weighted by atomic mass is 79.9. The van der Waals surface area contributed by atoms with Gasteiger partial charge in [0.25, 0.3) is 5.91 Å². The fraction of sp³-hybridized carbons (Fsp3) is 0.312. The van der Waals surface area contributed by atoms with Gasteiger partial charge in [-0.05, 0) is 42.0 Å². The molecule has 1 unspecified atom stereocenters. The molecule has 0 aliphatic heterocycles. The number of hydrogen-bond donors (Lipinski definition) is 3. The first kappa shape index (κ1) is 15.9. The molecule has 21 heavy (non-hydrogen) atoms. The maximum atomic E-state index is 12.1. The van der Waals surface area contributed by atoms with Crippen molar-refractivity contribution in [2.24, 2.45) is 0 Å². The van der Waals surface area contributed by atoms with Gasteiger partial charge in [0.2, 0.25) is 0 Å². The van der Waals surface area contributed by atoms with E-state index < -0.39 is 0 Å². The van der Waals surface area contributed by atoms with Crippen LogP contribution in [0.1, 0.15) is 17.3 Å². The molecule has 0 heterocycles. The highest BCUT2D eigenvalue weighted by Crippen LogP contribution is 2.20. The van der Waals surface area contributed by atoms with Gasteiger partial charge in [-0.3, -0.25) is 4.79 Å². The number of carbonyl (C=O) groups excluding carboxylic acids is 1. The van der Waals surface area contributed by atoms with E-state index >= 15 is 0 Å². The molecule has 0 aromatic heterocycles. The number of halogens is 1. The van der Waals surface area contributed by atoms with E-state index in [1.807, 2.05) is 36.4 Å². The Morgan fingerprint density at radius 1 is 1.19 bits per heavy atom. The maximum absolute atomic E-state index is 12.1. The minimum Gasteiger partial charge on any atom is -0.392 e. The number of fused-ring (bicyclic) bond motifs is 1. The van der Waals surface area contributed by atoms with Crippen molar-refractivity contribution < 1.29 is 9.90 Å². The summed E-state index contributed by atoms with van der Waals surface area (Å²) in [6.45, 7) is 3.42. The van der Waals surface area contributed by atoms with Crippen molar-refractivity contribution in [3.05, 3.63) is 46.4 Å². The molecule has 0 aliphatic carbocycles. The van der Waals surface area contributed by atoms with Crippen LogP contribution in [0.15, 0.2) is 40.9 Å². The summed E-state index contributed by atoms with van der Waals surface area (Å²) in [7, 11) is 0. The van der Waals surface area contributed by atoms with Gasteiger partial charge in [0.15, 0.2) is 0 Å². The van der Waals surface area contributed by atoms with Crippen LogP contribution in [0.25, 0.3) is 10.8 Å². The number of rotatable bonds is 6. The second-order valence-electron chi connectivity index (χ2n) is 5.02. The zero-order chi connectivity index (χ0) is 15.2. The standard InChI is InChI=1S/C16H19BrN2O2/c1-11(20)10-18-6-7-19-16(21)14-3-2-13-9-15(17)5-4-12(13)8-14/h2-5,8-9,11,18,20H,6-7,10H2,1H3,(H,19,21). The minimum absolute atomic E-state index is 0.0846. The van der Waals surface area contributed by atoms with Gasteiger partial charge < -0.3 is 15.7 Å². The fourth-order valence-corrected chi connectivity index (χ4v) is 2.41. The maximum Gasteiger partial charge on any atom is 0.251 e. The Hall–Kier alpha value is -1.43. The predicted molar refractivity (Wildman–Crippen MR) is 88.5 cm³/mol. The molecule has 3 N–H and O–H groups in total. The van der Waals surface area contributed by atoms with Crippen molar-refractivity contribution in [1.82, 2.24) is 10.6 Å². The van der Waals surface area contributed by atoms with Crippen molar-refractivity contribution in [1.29, 1.82) is 0 Å². The summed E-state index contributed by atoms with van der Waals surface area (Å²) in [5, 5.41) is 17.2. The summed E-state index contributed by atoms with van der Waals surface area (Å²) in [6.07, 6.45) is -0.375. The van der Waals surface area contributed by atoms with E-state index in [2.05, 4.69) is 26.6 Å². The highest BCUT2D eigenvalue weighted by molar-refractivity contribution is 9.10. The van der Waals surface area contributed by atoms with E-state index in [-0.39, 0.29) is 12.0 Å². The van der Waals surface area contributed by atoms with Crippen LogP contribution in [0, 0.1) is 0 Å². The molecule has 1 amide bonds. The van der Waals surface area contributed by atoms with Gasteiger partial charge >= 0.3 is 0 Å². The molecular weight excluding hydrogens is 332 g/mol. The third-order valence-electron chi connectivity index (χ3n) is 3.09. The zero-order valence-corrected chi connectivity index (χ0v) is 13.5. The van der Waals surface area contributed by atoms with Crippen LogP contribution in [0.3, 0.4) is 0 Å². The molecular formula is C16H19BrN2O2. The van der Waals surface area contributed by atoms with Crippen molar-refractivity contribution in [2.75, 3.05) is 19.6 Å². The van der Waals surface area contributed by atoms with Crippen LogP contribution in [-0.4, -0.2) is 36.8 Å². The monoisotopic (exact) mass is 350 g/mol. The summed E-state index contributed by atoms with van der Waals surface area (Å²) in [6, 6.07) is 11.6. The molecule has 0 aliphatic rings. The van der Waals surface area contributed by atoms with Crippen molar-refractivity contribution in [2.45, 2.75) is 13.0 Å². The average Bonchev–Trinajstić information content (AvgIpc) is 2.45. The Morgan fingerprint density at radius 3 is 2.67 bits per heavy atom. The lowest BCUT2D eigenvalue weighted by atomic mass is 10.1. The van der Waals surface area contributed by atoms with E-state index in [4.69, 9.17) is 5.11 Å². The molecule has 0 saturated heterocycles. The molecule has 112 valence electrons. The third-order valence-corrected chi connectivity index (χ3v) is 3.58. The molecule has 4 nitrogen and oxygen atoms in total. The van der Waals surface area contributed by atoms with Crippen molar-refractivity contribution in [3.63, 3.8) is 0 Å². The molecule has 2 aromatic rings. The van der Waals surface area contributed by atoms with Gasteiger partial charge in [0, 0.05) is 29.7 Å². The van der Waals surface area contributed by atoms with Gasteiger partial charge in [-0.2, -0.15) is 0 Å². The van der Waals surface area contributed by atoms with Gasteiger partial charge in [0.05, 0.1) is 6.10 Å². The Kier molecular flexibility index (Phi) is 5.73. The molecule has 1 atom stereocenters. The first-order valence-corrected chi connectivity index (χ1v) is 7.72.